The molecule has 2 unspecified atom stereocenters. The SMILES string of the molecule is Clc1ccccc1CC(Cl)C1CC=CCC1. The highest BCUT2D eigenvalue weighted by Crippen LogP contribution is 2.29. The Morgan fingerprint density at radius 2 is 2.06 bits per heavy atom. The van der Waals surface area contributed by atoms with Crippen LogP contribution in [0.3, 0.4) is 0 Å². The zero-order valence-corrected chi connectivity index (χ0v) is 10.7. The summed E-state index contributed by atoms with van der Waals surface area (Å²) in [6, 6.07) is 7.97. The molecule has 0 nitrogen and oxygen atoms in total. The first kappa shape index (κ1) is 12.0. The lowest BCUT2D eigenvalue weighted by atomic mass is 9.88. The van der Waals surface area contributed by atoms with Crippen molar-refractivity contribution in [2.75, 3.05) is 0 Å². The molecule has 0 saturated carbocycles. The van der Waals surface area contributed by atoms with Gasteiger partial charge < -0.3 is 0 Å². The predicted molar refractivity (Wildman–Crippen MR) is 71.3 cm³/mol. The van der Waals surface area contributed by atoms with Crippen LogP contribution in [-0.4, -0.2) is 5.38 Å². The van der Waals surface area contributed by atoms with Crippen molar-refractivity contribution in [1.82, 2.24) is 0 Å². The molecule has 0 aromatic heterocycles. The standard InChI is InChI=1S/C14H16Cl2/c15-13-9-5-4-8-12(13)10-14(16)11-6-2-1-3-7-11/h1-2,4-5,8-9,11,14H,3,6-7,10H2. The van der Waals surface area contributed by atoms with Gasteiger partial charge in [-0.2, -0.15) is 0 Å². The number of halogens is 2. The first-order valence-corrected chi connectivity index (χ1v) is 6.61. The van der Waals surface area contributed by atoms with E-state index >= 15 is 0 Å². The molecule has 2 atom stereocenters. The number of hydrogen-bond acceptors (Lipinski definition) is 0. The van der Waals surface area contributed by atoms with Gasteiger partial charge in [0.1, 0.15) is 0 Å². The third kappa shape index (κ3) is 3.02. The van der Waals surface area contributed by atoms with E-state index in [-0.39, 0.29) is 5.38 Å². The van der Waals surface area contributed by atoms with Crippen molar-refractivity contribution in [3.05, 3.63) is 47.0 Å². The van der Waals surface area contributed by atoms with Gasteiger partial charge in [-0.1, -0.05) is 42.0 Å². The normalized spacial score (nSPS) is 22.0. The van der Waals surface area contributed by atoms with E-state index in [1.165, 1.54) is 12.0 Å². The summed E-state index contributed by atoms with van der Waals surface area (Å²) < 4.78 is 0. The van der Waals surface area contributed by atoms with Crippen molar-refractivity contribution < 1.29 is 0 Å². The van der Waals surface area contributed by atoms with Gasteiger partial charge in [-0.3, -0.25) is 0 Å². The number of alkyl halides is 1. The van der Waals surface area contributed by atoms with Crippen molar-refractivity contribution in [3.8, 4) is 0 Å². The minimum Gasteiger partial charge on any atom is -0.122 e. The quantitative estimate of drug-likeness (QED) is 0.535. The van der Waals surface area contributed by atoms with E-state index in [1.54, 1.807) is 0 Å². The van der Waals surface area contributed by atoms with Crippen LogP contribution in [0.15, 0.2) is 36.4 Å². The molecule has 0 spiro atoms. The average molecular weight is 255 g/mol. The molecule has 2 heteroatoms. The highest BCUT2D eigenvalue weighted by Gasteiger charge is 2.20. The first-order chi connectivity index (χ1) is 7.77. The van der Waals surface area contributed by atoms with Gasteiger partial charge in [-0.05, 0) is 43.2 Å². The van der Waals surface area contributed by atoms with Gasteiger partial charge in [0.2, 0.25) is 0 Å². The molecule has 86 valence electrons. The molecule has 1 aromatic carbocycles. The summed E-state index contributed by atoms with van der Waals surface area (Å²) >= 11 is 12.6. The van der Waals surface area contributed by atoms with E-state index in [2.05, 4.69) is 18.2 Å². The van der Waals surface area contributed by atoms with Gasteiger partial charge in [-0.25, -0.2) is 0 Å². The fourth-order valence-corrected chi connectivity index (χ4v) is 2.79. The topological polar surface area (TPSA) is 0 Å². The Kier molecular flexibility index (Phi) is 4.31. The van der Waals surface area contributed by atoms with Crippen molar-refractivity contribution >= 4 is 23.2 Å². The Balaban J connectivity index is 1.99. The number of hydrogen-bond donors (Lipinski definition) is 0. The van der Waals surface area contributed by atoms with Crippen LogP contribution in [0, 0.1) is 5.92 Å². The van der Waals surface area contributed by atoms with Crippen molar-refractivity contribution in [2.45, 2.75) is 31.1 Å². The molecule has 0 N–H and O–H groups in total. The average Bonchev–Trinajstić information content (AvgIpc) is 2.33. The van der Waals surface area contributed by atoms with Gasteiger partial charge in [0.15, 0.2) is 0 Å². The lowest BCUT2D eigenvalue weighted by Crippen LogP contribution is -2.18. The second-order valence-electron chi connectivity index (χ2n) is 4.36. The lowest BCUT2D eigenvalue weighted by molar-refractivity contribution is 0.453. The Morgan fingerprint density at radius 1 is 1.25 bits per heavy atom. The summed E-state index contributed by atoms with van der Waals surface area (Å²) in [7, 11) is 0. The minimum atomic E-state index is 0.199. The van der Waals surface area contributed by atoms with Gasteiger partial charge in [0.25, 0.3) is 0 Å². The Bertz CT molecular complexity index is 371. The van der Waals surface area contributed by atoms with E-state index in [1.807, 2.05) is 18.2 Å². The van der Waals surface area contributed by atoms with E-state index in [4.69, 9.17) is 23.2 Å². The molecule has 1 aliphatic carbocycles. The molecule has 2 rings (SSSR count). The summed E-state index contributed by atoms with van der Waals surface area (Å²) in [6.45, 7) is 0. The third-order valence-electron chi connectivity index (χ3n) is 3.19. The summed E-state index contributed by atoms with van der Waals surface area (Å²) in [5.74, 6) is 0.600. The van der Waals surface area contributed by atoms with Crippen molar-refractivity contribution in [2.24, 2.45) is 5.92 Å². The largest absolute Gasteiger partial charge is 0.122 e. The van der Waals surface area contributed by atoms with Gasteiger partial charge >= 0.3 is 0 Å². The van der Waals surface area contributed by atoms with Crippen molar-refractivity contribution in [1.29, 1.82) is 0 Å². The molecule has 0 radical (unpaired) electrons. The Morgan fingerprint density at radius 3 is 2.75 bits per heavy atom. The maximum atomic E-state index is 6.47. The second-order valence-corrected chi connectivity index (χ2v) is 5.32. The van der Waals surface area contributed by atoms with E-state index < -0.39 is 0 Å². The maximum absolute atomic E-state index is 6.47. The van der Waals surface area contributed by atoms with Crippen molar-refractivity contribution in [3.63, 3.8) is 0 Å². The number of benzene rings is 1. The fourth-order valence-electron chi connectivity index (χ4n) is 2.19. The third-order valence-corrected chi connectivity index (χ3v) is 4.07. The zero-order chi connectivity index (χ0) is 11.4. The molecule has 0 bridgehead atoms. The van der Waals surface area contributed by atoms with Crippen LogP contribution in [0.4, 0.5) is 0 Å². The second kappa shape index (κ2) is 5.75. The molecule has 0 aliphatic heterocycles. The lowest BCUT2D eigenvalue weighted by Gasteiger charge is -2.23. The van der Waals surface area contributed by atoms with Crippen LogP contribution in [0.1, 0.15) is 24.8 Å². The monoisotopic (exact) mass is 254 g/mol. The molecule has 1 aromatic rings. The maximum Gasteiger partial charge on any atom is 0.0438 e. The minimum absolute atomic E-state index is 0.199. The zero-order valence-electron chi connectivity index (χ0n) is 9.20. The number of allylic oxidation sites excluding steroid dienone is 2. The molecule has 0 saturated heterocycles. The first-order valence-electron chi connectivity index (χ1n) is 5.80. The Hall–Kier alpha value is -0.460. The van der Waals surface area contributed by atoms with E-state index in [0.29, 0.717) is 5.92 Å². The summed E-state index contributed by atoms with van der Waals surface area (Å²) in [6.07, 6.45) is 8.84. The highest BCUT2D eigenvalue weighted by molar-refractivity contribution is 6.31. The molecule has 0 heterocycles. The summed E-state index contributed by atoms with van der Waals surface area (Å²) in [5, 5.41) is 1.03. The van der Waals surface area contributed by atoms with Crippen LogP contribution in [-0.2, 0) is 6.42 Å². The van der Waals surface area contributed by atoms with Gasteiger partial charge in [0.05, 0.1) is 0 Å². The van der Waals surface area contributed by atoms with E-state index in [9.17, 15) is 0 Å². The Labute approximate surface area is 107 Å². The molecular weight excluding hydrogens is 239 g/mol. The molecule has 0 fully saturated rings. The van der Waals surface area contributed by atoms with Crippen LogP contribution in [0.5, 0.6) is 0 Å². The van der Waals surface area contributed by atoms with Gasteiger partial charge in [-0.15, -0.1) is 11.6 Å². The fraction of sp³-hybridized carbons (Fsp3) is 0.429. The van der Waals surface area contributed by atoms with Crippen LogP contribution in [0.2, 0.25) is 5.02 Å². The highest BCUT2D eigenvalue weighted by atomic mass is 35.5. The summed E-state index contributed by atoms with van der Waals surface area (Å²) in [4.78, 5) is 0. The molecule has 16 heavy (non-hydrogen) atoms. The van der Waals surface area contributed by atoms with Crippen LogP contribution in [0.25, 0.3) is 0 Å². The molecule has 1 aliphatic rings. The van der Waals surface area contributed by atoms with Crippen LogP contribution < -0.4 is 0 Å². The number of rotatable bonds is 3. The smallest absolute Gasteiger partial charge is 0.0438 e. The predicted octanol–water partition coefficient (Wildman–Crippen LogP) is 4.85. The van der Waals surface area contributed by atoms with E-state index in [0.717, 1.165) is 24.3 Å². The van der Waals surface area contributed by atoms with Gasteiger partial charge in [0, 0.05) is 10.4 Å². The van der Waals surface area contributed by atoms with Crippen LogP contribution >= 0.6 is 23.2 Å². The molecule has 0 amide bonds. The summed E-state index contributed by atoms with van der Waals surface area (Å²) in [5.41, 5.74) is 1.17. The molecular formula is C14H16Cl2.